The van der Waals surface area contributed by atoms with E-state index in [1.165, 1.54) is 0 Å². The first-order valence-electron chi connectivity index (χ1n) is 5.52. The first-order chi connectivity index (χ1) is 9.94. The third-order valence-corrected chi connectivity index (χ3v) is 2.38. The van der Waals surface area contributed by atoms with Crippen molar-refractivity contribution in [1.29, 1.82) is 0 Å². The number of hydrogen-bond acceptors (Lipinski definition) is 6. The minimum Gasteiger partial charge on any atom is -0.466 e. The standard InChI is InChI=1S/C13H11F2NO5/c1-20-10(18)5-9(13(19)21-2)16-12-7(6-17)3-4-8(14)11(12)15/h3-6,16H,1-2H3/b9-5+. The molecular weight excluding hydrogens is 288 g/mol. The van der Waals surface area contributed by atoms with E-state index >= 15 is 0 Å². The van der Waals surface area contributed by atoms with Crippen LogP contribution in [-0.2, 0) is 19.1 Å². The Morgan fingerprint density at radius 1 is 1.19 bits per heavy atom. The first kappa shape index (κ1) is 16.3. The van der Waals surface area contributed by atoms with Gasteiger partial charge in [0.1, 0.15) is 5.70 Å². The van der Waals surface area contributed by atoms with Gasteiger partial charge in [-0.15, -0.1) is 0 Å². The molecule has 0 saturated heterocycles. The molecule has 0 spiro atoms. The van der Waals surface area contributed by atoms with E-state index in [2.05, 4.69) is 14.8 Å². The number of methoxy groups -OCH3 is 2. The number of ether oxygens (including phenoxy) is 2. The summed E-state index contributed by atoms with van der Waals surface area (Å²) in [4.78, 5) is 33.5. The third kappa shape index (κ3) is 3.85. The summed E-state index contributed by atoms with van der Waals surface area (Å²) in [7, 11) is 2.09. The zero-order valence-electron chi connectivity index (χ0n) is 11.1. The molecule has 0 radical (unpaired) electrons. The lowest BCUT2D eigenvalue weighted by atomic mass is 10.1. The monoisotopic (exact) mass is 299 g/mol. The normalized spacial score (nSPS) is 10.8. The number of anilines is 1. The van der Waals surface area contributed by atoms with Crippen LogP contribution in [0.2, 0.25) is 0 Å². The molecule has 0 bridgehead atoms. The van der Waals surface area contributed by atoms with Gasteiger partial charge in [0.25, 0.3) is 0 Å². The average Bonchev–Trinajstić information content (AvgIpc) is 2.50. The fraction of sp³-hybridized carbons (Fsp3) is 0.154. The molecule has 0 aliphatic rings. The Labute approximate surface area is 118 Å². The van der Waals surface area contributed by atoms with Crippen molar-refractivity contribution in [3.63, 3.8) is 0 Å². The number of rotatable bonds is 5. The molecule has 0 saturated carbocycles. The van der Waals surface area contributed by atoms with E-state index in [-0.39, 0.29) is 11.8 Å². The highest BCUT2D eigenvalue weighted by Crippen LogP contribution is 2.23. The molecule has 6 nitrogen and oxygen atoms in total. The topological polar surface area (TPSA) is 81.7 Å². The molecule has 21 heavy (non-hydrogen) atoms. The van der Waals surface area contributed by atoms with Gasteiger partial charge in [0, 0.05) is 5.56 Å². The Bertz CT molecular complexity index is 613. The van der Waals surface area contributed by atoms with Crippen LogP contribution in [0.25, 0.3) is 0 Å². The molecule has 1 aromatic carbocycles. The molecule has 0 aliphatic heterocycles. The van der Waals surface area contributed by atoms with E-state index in [4.69, 9.17) is 0 Å². The summed E-state index contributed by atoms with van der Waals surface area (Å²) in [5.74, 6) is -4.56. The second-order valence-electron chi connectivity index (χ2n) is 3.64. The lowest BCUT2D eigenvalue weighted by Crippen LogP contribution is -2.17. The SMILES string of the molecule is COC(=O)/C=C(/Nc1c(C=O)ccc(F)c1F)C(=O)OC. The molecule has 1 aromatic rings. The van der Waals surface area contributed by atoms with E-state index in [1.54, 1.807) is 0 Å². The van der Waals surface area contributed by atoms with Gasteiger partial charge in [-0.1, -0.05) is 0 Å². The largest absolute Gasteiger partial charge is 0.466 e. The van der Waals surface area contributed by atoms with Crippen molar-refractivity contribution < 1.29 is 32.6 Å². The lowest BCUT2D eigenvalue weighted by molar-refractivity contribution is -0.138. The zero-order chi connectivity index (χ0) is 16.0. The predicted octanol–water partition coefficient (Wildman–Crippen LogP) is 1.42. The summed E-state index contributed by atoms with van der Waals surface area (Å²) < 4.78 is 35.6. The molecule has 8 heteroatoms. The van der Waals surface area contributed by atoms with Crippen LogP contribution in [0.15, 0.2) is 23.9 Å². The van der Waals surface area contributed by atoms with Crippen molar-refractivity contribution in [2.24, 2.45) is 0 Å². The van der Waals surface area contributed by atoms with Gasteiger partial charge in [-0.2, -0.15) is 0 Å². The van der Waals surface area contributed by atoms with Crippen LogP contribution in [0.3, 0.4) is 0 Å². The Hall–Kier alpha value is -2.77. The molecule has 0 heterocycles. The van der Waals surface area contributed by atoms with Gasteiger partial charge in [0.05, 0.1) is 26.0 Å². The number of esters is 2. The highest BCUT2D eigenvalue weighted by atomic mass is 19.2. The van der Waals surface area contributed by atoms with Crippen molar-refractivity contribution in [1.82, 2.24) is 0 Å². The second kappa shape index (κ2) is 7.13. The minimum absolute atomic E-state index is 0.242. The summed E-state index contributed by atoms with van der Waals surface area (Å²) in [6.45, 7) is 0. The Kier molecular flexibility index (Phi) is 5.53. The van der Waals surface area contributed by atoms with Crippen molar-refractivity contribution >= 4 is 23.9 Å². The molecule has 0 atom stereocenters. The summed E-state index contributed by atoms with van der Waals surface area (Å²) in [5, 5.41) is 2.16. The van der Waals surface area contributed by atoms with E-state index in [0.29, 0.717) is 6.08 Å². The number of aldehydes is 1. The molecule has 112 valence electrons. The van der Waals surface area contributed by atoms with Crippen molar-refractivity contribution in [3.8, 4) is 0 Å². The molecule has 0 aliphatic carbocycles. The van der Waals surface area contributed by atoms with E-state index in [0.717, 1.165) is 26.4 Å². The number of nitrogens with one attached hydrogen (secondary N) is 1. The number of benzene rings is 1. The fourth-order valence-electron chi connectivity index (χ4n) is 1.36. The van der Waals surface area contributed by atoms with Gasteiger partial charge >= 0.3 is 11.9 Å². The minimum atomic E-state index is -1.38. The zero-order valence-corrected chi connectivity index (χ0v) is 11.1. The van der Waals surface area contributed by atoms with Crippen LogP contribution < -0.4 is 5.32 Å². The number of halogens is 2. The number of hydrogen-bond donors (Lipinski definition) is 1. The predicted molar refractivity (Wildman–Crippen MR) is 67.5 cm³/mol. The maximum atomic E-state index is 13.7. The molecule has 0 fully saturated rings. The van der Waals surface area contributed by atoms with E-state index in [9.17, 15) is 23.2 Å². The molecule has 1 rings (SSSR count). The summed E-state index contributed by atoms with van der Waals surface area (Å²) in [6, 6.07) is 1.77. The number of carbonyl (C=O) groups excluding carboxylic acids is 3. The highest BCUT2D eigenvalue weighted by Gasteiger charge is 2.19. The maximum absolute atomic E-state index is 13.7. The second-order valence-corrected chi connectivity index (χ2v) is 3.64. The van der Waals surface area contributed by atoms with Gasteiger partial charge < -0.3 is 14.8 Å². The van der Waals surface area contributed by atoms with Crippen molar-refractivity contribution in [2.75, 3.05) is 19.5 Å². The molecule has 0 unspecified atom stereocenters. The van der Waals surface area contributed by atoms with Gasteiger partial charge in [-0.05, 0) is 12.1 Å². The molecule has 1 N–H and O–H groups in total. The average molecular weight is 299 g/mol. The lowest BCUT2D eigenvalue weighted by Gasteiger charge is -2.12. The van der Waals surface area contributed by atoms with E-state index < -0.39 is 35.0 Å². The van der Waals surface area contributed by atoms with Gasteiger partial charge in [-0.25, -0.2) is 18.4 Å². The summed E-state index contributed by atoms with van der Waals surface area (Å²) >= 11 is 0. The van der Waals surface area contributed by atoms with Crippen LogP contribution in [0, 0.1) is 11.6 Å². The Balaban J connectivity index is 3.30. The van der Waals surface area contributed by atoms with E-state index in [1.807, 2.05) is 0 Å². The van der Waals surface area contributed by atoms with Crippen LogP contribution >= 0.6 is 0 Å². The Morgan fingerprint density at radius 3 is 2.38 bits per heavy atom. The fourth-order valence-corrected chi connectivity index (χ4v) is 1.36. The van der Waals surface area contributed by atoms with Crippen molar-refractivity contribution in [2.45, 2.75) is 0 Å². The van der Waals surface area contributed by atoms with Crippen LogP contribution in [-0.4, -0.2) is 32.4 Å². The number of carbonyl (C=O) groups is 3. The summed E-state index contributed by atoms with van der Waals surface area (Å²) in [6.07, 6.45) is 0.947. The van der Waals surface area contributed by atoms with Crippen LogP contribution in [0.5, 0.6) is 0 Å². The highest BCUT2D eigenvalue weighted by molar-refractivity contribution is 6.00. The Morgan fingerprint density at radius 2 is 1.86 bits per heavy atom. The van der Waals surface area contributed by atoms with Crippen LogP contribution in [0.1, 0.15) is 10.4 Å². The first-order valence-corrected chi connectivity index (χ1v) is 5.52. The maximum Gasteiger partial charge on any atom is 0.354 e. The van der Waals surface area contributed by atoms with Gasteiger partial charge in [0.15, 0.2) is 17.9 Å². The van der Waals surface area contributed by atoms with Crippen molar-refractivity contribution in [3.05, 3.63) is 41.1 Å². The molecular formula is C13H11F2NO5. The van der Waals surface area contributed by atoms with Gasteiger partial charge in [0.2, 0.25) is 0 Å². The summed E-state index contributed by atoms with van der Waals surface area (Å²) in [5.41, 5.74) is -1.35. The smallest absolute Gasteiger partial charge is 0.354 e. The van der Waals surface area contributed by atoms with Crippen LogP contribution in [0.4, 0.5) is 14.5 Å². The van der Waals surface area contributed by atoms with Gasteiger partial charge in [-0.3, -0.25) is 4.79 Å². The molecule has 0 amide bonds. The molecule has 0 aromatic heterocycles. The quantitative estimate of drug-likeness (QED) is 0.503. The third-order valence-electron chi connectivity index (χ3n) is 2.38.